The highest BCUT2D eigenvalue weighted by atomic mass is 16.4. The van der Waals surface area contributed by atoms with Gasteiger partial charge < -0.3 is 20.4 Å². The maximum Gasteiger partial charge on any atom is 0.300 e. The maximum atomic E-state index is 9.22. The molecule has 0 atom stereocenters. The summed E-state index contributed by atoms with van der Waals surface area (Å²) in [6.45, 7) is 2.17. The molecule has 0 saturated heterocycles. The number of rotatable bonds is 0. The van der Waals surface area contributed by atoms with Crippen LogP contribution >= 0.6 is 0 Å². The lowest BCUT2D eigenvalue weighted by atomic mass is 9.97. The van der Waals surface area contributed by atoms with Crippen molar-refractivity contribution < 1.29 is 30.0 Å². The second-order valence-corrected chi connectivity index (χ2v) is 4.21. The molecule has 6 heteroatoms. The largest absolute Gasteiger partial charge is 0.481 e. The molecular weight excluding hydrogens is 240 g/mol. The van der Waals surface area contributed by atoms with E-state index in [0.717, 1.165) is 52.4 Å². The van der Waals surface area contributed by atoms with Gasteiger partial charge in [0.15, 0.2) is 0 Å². The highest BCUT2D eigenvalue weighted by Gasteiger charge is 2.12. The predicted molar refractivity (Wildman–Crippen MR) is 66.3 cm³/mol. The van der Waals surface area contributed by atoms with Crippen LogP contribution in [-0.4, -0.2) is 44.6 Å². The van der Waals surface area contributed by atoms with E-state index in [-0.39, 0.29) is 12.2 Å². The number of hydrogen-bond donors (Lipinski definition) is 4. The molecule has 0 aromatic heterocycles. The van der Waals surface area contributed by atoms with Gasteiger partial charge >= 0.3 is 0 Å². The molecule has 1 saturated carbocycles. The molecule has 0 aliphatic heterocycles. The van der Waals surface area contributed by atoms with Gasteiger partial charge in [-0.3, -0.25) is 9.59 Å². The Kier molecular flexibility index (Phi) is 13.1. The fourth-order valence-corrected chi connectivity index (χ4v) is 1.47. The summed E-state index contributed by atoms with van der Waals surface area (Å²) in [6.07, 6.45) is 5.23. The first kappa shape index (κ1) is 19.2. The standard InChI is InChI=1S/C8H16O2.2C2H4O2/c9-7-3-1-4-8(10)6-2-5-7;2*1-2(3)4/h7-10H,1-6H2;2*1H3,(H,3,4). The van der Waals surface area contributed by atoms with Crippen molar-refractivity contribution in [1.29, 1.82) is 0 Å². The highest BCUT2D eigenvalue weighted by Crippen LogP contribution is 2.17. The van der Waals surface area contributed by atoms with E-state index in [4.69, 9.17) is 19.8 Å². The molecule has 1 fully saturated rings. The summed E-state index contributed by atoms with van der Waals surface area (Å²) in [4.78, 5) is 18.0. The van der Waals surface area contributed by atoms with Crippen LogP contribution in [0.4, 0.5) is 0 Å². The molecule has 0 aromatic carbocycles. The SMILES string of the molecule is CC(=O)O.CC(=O)O.OC1CCCC(O)CCC1. The van der Waals surface area contributed by atoms with Crippen LogP contribution in [0.1, 0.15) is 52.4 Å². The summed E-state index contributed by atoms with van der Waals surface area (Å²) in [5.74, 6) is -1.67. The van der Waals surface area contributed by atoms with Crippen molar-refractivity contribution in [2.24, 2.45) is 0 Å². The van der Waals surface area contributed by atoms with Crippen molar-refractivity contribution in [2.45, 2.75) is 64.6 Å². The molecule has 0 heterocycles. The summed E-state index contributed by atoms with van der Waals surface area (Å²) >= 11 is 0. The molecule has 0 spiro atoms. The highest BCUT2D eigenvalue weighted by molar-refractivity contribution is 5.63. The molecule has 6 nitrogen and oxygen atoms in total. The van der Waals surface area contributed by atoms with Gasteiger partial charge in [0.25, 0.3) is 11.9 Å². The Morgan fingerprint density at radius 1 is 0.778 bits per heavy atom. The van der Waals surface area contributed by atoms with Crippen molar-refractivity contribution in [3.63, 3.8) is 0 Å². The van der Waals surface area contributed by atoms with Crippen LogP contribution in [-0.2, 0) is 9.59 Å². The van der Waals surface area contributed by atoms with Crippen molar-refractivity contribution >= 4 is 11.9 Å². The maximum absolute atomic E-state index is 9.22. The van der Waals surface area contributed by atoms with Crippen LogP contribution in [0.15, 0.2) is 0 Å². The fraction of sp³-hybridized carbons (Fsp3) is 0.833. The van der Waals surface area contributed by atoms with Gasteiger partial charge in [-0.1, -0.05) is 0 Å². The Morgan fingerprint density at radius 3 is 1.11 bits per heavy atom. The Labute approximate surface area is 107 Å². The molecule has 0 unspecified atom stereocenters. The number of hydrogen-bond acceptors (Lipinski definition) is 4. The van der Waals surface area contributed by atoms with E-state index in [9.17, 15) is 10.2 Å². The minimum Gasteiger partial charge on any atom is -0.481 e. The second-order valence-electron chi connectivity index (χ2n) is 4.21. The Bertz CT molecular complexity index is 189. The number of aliphatic carboxylic acids is 2. The smallest absolute Gasteiger partial charge is 0.300 e. The first-order chi connectivity index (χ1) is 8.25. The molecule has 4 N–H and O–H groups in total. The van der Waals surface area contributed by atoms with Crippen LogP contribution in [0, 0.1) is 0 Å². The van der Waals surface area contributed by atoms with Gasteiger partial charge in [-0.05, 0) is 38.5 Å². The quantitative estimate of drug-likeness (QED) is 0.523. The lowest BCUT2D eigenvalue weighted by molar-refractivity contribution is -0.135. The van der Waals surface area contributed by atoms with E-state index < -0.39 is 11.9 Å². The van der Waals surface area contributed by atoms with E-state index in [1.165, 1.54) is 0 Å². The lowest BCUT2D eigenvalue weighted by Crippen LogP contribution is -2.15. The van der Waals surface area contributed by atoms with E-state index in [2.05, 4.69) is 0 Å². The Hall–Kier alpha value is -1.14. The van der Waals surface area contributed by atoms with Gasteiger partial charge in [0.1, 0.15) is 0 Å². The summed E-state index contributed by atoms with van der Waals surface area (Å²) in [5, 5.41) is 33.3. The van der Waals surface area contributed by atoms with Crippen LogP contribution < -0.4 is 0 Å². The van der Waals surface area contributed by atoms with Crippen LogP contribution in [0.2, 0.25) is 0 Å². The molecular formula is C12H24O6. The molecule has 1 aliphatic rings. The van der Waals surface area contributed by atoms with Crippen LogP contribution in [0.5, 0.6) is 0 Å². The van der Waals surface area contributed by atoms with Gasteiger partial charge in [0, 0.05) is 13.8 Å². The van der Waals surface area contributed by atoms with E-state index in [1.54, 1.807) is 0 Å². The van der Waals surface area contributed by atoms with Crippen LogP contribution in [0.3, 0.4) is 0 Å². The van der Waals surface area contributed by atoms with Gasteiger partial charge in [-0.25, -0.2) is 0 Å². The zero-order chi connectivity index (χ0) is 14.6. The summed E-state index contributed by atoms with van der Waals surface area (Å²) < 4.78 is 0. The average molecular weight is 264 g/mol. The minimum atomic E-state index is -0.833. The van der Waals surface area contributed by atoms with E-state index >= 15 is 0 Å². The van der Waals surface area contributed by atoms with Crippen molar-refractivity contribution in [1.82, 2.24) is 0 Å². The van der Waals surface area contributed by atoms with E-state index in [0.29, 0.717) is 0 Å². The van der Waals surface area contributed by atoms with Crippen molar-refractivity contribution in [2.75, 3.05) is 0 Å². The molecule has 0 radical (unpaired) electrons. The van der Waals surface area contributed by atoms with Gasteiger partial charge in [-0.15, -0.1) is 0 Å². The number of carbonyl (C=O) groups is 2. The third-order valence-corrected chi connectivity index (χ3v) is 2.15. The molecule has 18 heavy (non-hydrogen) atoms. The number of carboxylic acids is 2. The average Bonchev–Trinajstić information content (AvgIpc) is 2.13. The van der Waals surface area contributed by atoms with Crippen LogP contribution in [0.25, 0.3) is 0 Å². The van der Waals surface area contributed by atoms with Gasteiger partial charge in [0.05, 0.1) is 12.2 Å². The number of aliphatic hydroxyl groups is 2. The molecule has 1 aliphatic carbocycles. The topological polar surface area (TPSA) is 115 Å². The summed E-state index contributed by atoms with van der Waals surface area (Å²) in [5.41, 5.74) is 0. The Morgan fingerprint density at radius 2 is 0.944 bits per heavy atom. The normalized spacial score (nSPS) is 23.1. The van der Waals surface area contributed by atoms with Gasteiger partial charge in [0.2, 0.25) is 0 Å². The molecule has 1 rings (SSSR count). The minimum absolute atomic E-state index is 0.104. The molecule has 0 amide bonds. The Balaban J connectivity index is 0. The van der Waals surface area contributed by atoms with Gasteiger partial charge in [-0.2, -0.15) is 0 Å². The monoisotopic (exact) mass is 264 g/mol. The molecule has 0 bridgehead atoms. The summed E-state index contributed by atoms with van der Waals surface area (Å²) in [6, 6.07) is 0. The third-order valence-electron chi connectivity index (χ3n) is 2.15. The van der Waals surface area contributed by atoms with Crippen molar-refractivity contribution in [3.8, 4) is 0 Å². The first-order valence-electron chi connectivity index (χ1n) is 6.00. The van der Waals surface area contributed by atoms with E-state index in [1.807, 2.05) is 0 Å². The second kappa shape index (κ2) is 12.3. The predicted octanol–water partition coefficient (Wildman–Crippen LogP) is 1.24. The third kappa shape index (κ3) is 24.2. The lowest BCUT2D eigenvalue weighted by Gasteiger charge is -2.17. The zero-order valence-corrected chi connectivity index (χ0v) is 11.0. The van der Waals surface area contributed by atoms with Crippen molar-refractivity contribution in [3.05, 3.63) is 0 Å². The molecule has 0 aromatic rings. The zero-order valence-electron chi connectivity index (χ0n) is 11.0. The molecule has 108 valence electrons. The first-order valence-corrected chi connectivity index (χ1v) is 6.00. The number of carboxylic acid groups (broad SMARTS) is 2. The summed E-state index contributed by atoms with van der Waals surface area (Å²) in [7, 11) is 0. The fourth-order valence-electron chi connectivity index (χ4n) is 1.47. The number of aliphatic hydroxyl groups excluding tert-OH is 2.